The minimum absolute atomic E-state index is 0.00882. The van der Waals surface area contributed by atoms with E-state index in [1.807, 2.05) is 17.5 Å². The smallest absolute Gasteiger partial charge is 0.237 e. The Morgan fingerprint density at radius 2 is 2.14 bits per heavy atom. The van der Waals surface area contributed by atoms with Gasteiger partial charge in [-0.05, 0) is 29.6 Å². The lowest BCUT2D eigenvalue weighted by Crippen LogP contribution is -1.89. The third-order valence-electron chi connectivity index (χ3n) is 2.74. The van der Waals surface area contributed by atoms with Crippen molar-refractivity contribution in [2.75, 3.05) is 5.32 Å². The van der Waals surface area contributed by atoms with Crippen molar-refractivity contribution in [3.8, 4) is 22.9 Å². The number of hydrogen-bond donors (Lipinski definition) is 1. The van der Waals surface area contributed by atoms with Crippen molar-refractivity contribution in [3.63, 3.8) is 0 Å². The Hall–Kier alpha value is -3.09. The highest BCUT2D eigenvalue weighted by Crippen LogP contribution is 2.28. The maximum atomic E-state index is 8.68. The van der Waals surface area contributed by atoms with E-state index in [2.05, 4.69) is 10.3 Å². The van der Waals surface area contributed by atoms with E-state index in [0.29, 0.717) is 17.0 Å². The molecule has 0 fully saturated rings. The number of hydrogen-bond acceptors (Lipinski definition) is 6. The third-order valence-corrected chi connectivity index (χ3v) is 3.60. The summed E-state index contributed by atoms with van der Waals surface area (Å²) in [4.78, 5) is 5.41. The minimum Gasteiger partial charge on any atom is -0.435 e. The number of thiophene rings is 1. The van der Waals surface area contributed by atoms with Gasteiger partial charge in [0.2, 0.25) is 5.89 Å². The number of aromatic nitrogens is 1. The molecule has 2 aromatic heterocycles. The third kappa shape index (κ3) is 2.62. The SMILES string of the molecule is N#CC(C#N)=CNc1ccc2oc(-c3cccs3)nc2c1. The van der Waals surface area contributed by atoms with Crippen LogP contribution in [0.3, 0.4) is 0 Å². The van der Waals surface area contributed by atoms with Crippen LogP contribution in [0.25, 0.3) is 21.9 Å². The quantitative estimate of drug-likeness (QED) is 0.740. The van der Waals surface area contributed by atoms with Gasteiger partial charge in [-0.3, -0.25) is 0 Å². The van der Waals surface area contributed by atoms with Crippen molar-refractivity contribution in [2.45, 2.75) is 0 Å². The number of nitriles is 2. The van der Waals surface area contributed by atoms with Crippen LogP contribution in [0.15, 0.2) is 51.9 Å². The lowest BCUT2D eigenvalue weighted by atomic mass is 10.3. The first-order valence-corrected chi connectivity index (χ1v) is 6.89. The molecular weight excluding hydrogens is 284 g/mol. The van der Waals surface area contributed by atoms with Gasteiger partial charge in [0, 0.05) is 11.9 Å². The summed E-state index contributed by atoms with van der Waals surface area (Å²) in [5.41, 5.74) is 2.15. The number of nitrogens with zero attached hydrogens (tertiary/aromatic N) is 3. The first-order valence-electron chi connectivity index (χ1n) is 6.01. The van der Waals surface area contributed by atoms with Crippen molar-refractivity contribution < 1.29 is 4.42 Å². The van der Waals surface area contributed by atoms with Gasteiger partial charge in [0.05, 0.1) is 4.88 Å². The van der Waals surface area contributed by atoms with E-state index in [1.165, 1.54) is 6.20 Å². The number of allylic oxidation sites excluding steroid dienone is 1. The predicted octanol–water partition coefficient (Wildman–Crippen LogP) is 3.90. The number of anilines is 1. The molecule has 100 valence electrons. The van der Waals surface area contributed by atoms with Crippen LogP contribution < -0.4 is 5.32 Å². The van der Waals surface area contributed by atoms with Gasteiger partial charge in [-0.15, -0.1) is 11.3 Å². The number of nitrogens with one attached hydrogen (secondary N) is 1. The molecular formula is C15H8N4OS. The summed E-state index contributed by atoms with van der Waals surface area (Å²) in [6, 6.07) is 12.9. The van der Waals surface area contributed by atoms with Crippen LogP contribution in [0.5, 0.6) is 0 Å². The van der Waals surface area contributed by atoms with Gasteiger partial charge >= 0.3 is 0 Å². The summed E-state index contributed by atoms with van der Waals surface area (Å²) >= 11 is 1.56. The molecule has 0 saturated carbocycles. The monoisotopic (exact) mass is 292 g/mol. The molecule has 0 spiro atoms. The maximum absolute atomic E-state index is 8.68. The normalized spacial score (nSPS) is 9.81. The maximum Gasteiger partial charge on any atom is 0.237 e. The van der Waals surface area contributed by atoms with Gasteiger partial charge < -0.3 is 9.73 Å². The lowest BCUT2D eigenvalue weighted by Gasteiger charge is -1.98. The molecule has 0 aliphatic carbocycles. The fourth-order valence-corrected chi connectivity index (χ4v) is 2.42. The molecule has 1 aromatic carbocycles. The highest BCUT2D eigenvalue weighted by atomic mass is 32.1. The fraction of sp³-hybridized carbons (Fsp3) is 0. The molecule has 1 N–H and O–H groups in total. The summed E-state index contributed by atoms with van der Waals surface area (Å²) in [6.45, 7) is 0. The molecule has 6 heteroatoms. The van der Waals surface area contributed by atoms with Gasteiger partial charge in [0.15, 0.2) is 5.58 Å². The van der Waals surface area contributed by atoms with Gasteiger partial charge in [-0.2, -0.15) is 10.5 Å². The standard InChI is InChI=1S/C15H8N4OS/c16-7-10(8-17)9-18-11-3-4-13-12(6-11)19-15(20-13)14-2-1-5-21-14/h1-6,9,18H. The molecule has 0 aliphatic rings. The van der Waals surface area contributed by atoms with E-state index in [1.54, 1.807) is 41.7 Å². The fourth-order valence-electron chi connectivity index (χ4n) is 1.77. The first kappa shape index (κ1) is 12.9. The summed E-state index contributed by atoms with van der Waals surface area (Å²) in [5.74, 6) is 0.586. The second kappa shape index (κ2) is 5.49. The van der Waals surface area contributed by atoms with Gasteiger partial charge in [-0.25, -0.2) is 4.98 Å². The second-order valence-electron chi connectivity index (χ2n) is 4.10. The Kier molecular flexibility index (Phi) is 3.38. The van der Waals surface area contributed by atoms with Crippen LogP contribution in [0.1, 0.15) is 0 Å². The van der Waals surface area contributed by atoms with Crippen LogP contribution >= 0.6 is 11.3 Å². The van der Waals surface area contributed by atoms with Crippen molar-refractivity contribution in [1.29, 1.82) is 10.5 Å². The number of rotatable bonds is 3. The van der Waals surface area contributed by atoms with E-state index >= 15 is 0 Å². The second-order valence-corrected chi connectivity index (χ2v) is 5.05. The molecule has 2 heterocycles. The Morgan fingerprint density at radius 3 is 2.86 bits per heavy atom. The van der Waals surface area contributed by atoms with Gasteiger partial charge in [-0.1, -0.05) is 6.07 Å². The molecule has 0 atom stereocenters. The topological polar surface area (TPSA) is 85.6 Å². The molecule has 3 rings (SSSR count). The van der Waals surface area contributed by atoms with Crippen LogP contribution in [-0.4, -0.2) is 4.98 Å². The zero-order valence-corrected chi connectivity index (χ0v) is 11.5. The van der Waals surface area contributed by atoms with Crippen LogP contribution in [-0.2, 0) is 0 Å². The molecule has 21 heavy (non-hydrogen) atoms. The molecule has 0 amide bonds. The Bertz CT molecular complexity index is 878. The van der Waals surface area contributed by atoms with Crippen LogP contribution in [0.4, 0.5) is 5.69 Å². The Balaban J connectivity index is 1.93. The zero-order valence-electron chi connectivity index (χ0n) is 10.7. The minimum atomic E-state index is 0.00882. The lowest BCUT2D eigenvalue weighted by molar-refractivity contribution is 0.621. The average Bonchev–Trinajstić information content (AvgIpc) is 3.16. The summed E-state index contributed by atoms with van der Waals surface area (Å²) in [6.07, 6.45) is 1.36. The van der Waals surface area contributed by atoms with Crippen molar-refractivity contribution in [1.82, 2.24) is 4.98 Å². The van der Waals surface area contributed by atoms with E-state index in [-0.39, 0.29) is 5.57 Å². The number of benzene rings is 1. The molecule has 0 bridgehead atoms. The van der Waals surface area contributed by atoms with Crippen molar-refractivity contribution in [3.05, 3.63) is 47.5 Å². The highest BCUT2D eigenvalue weighted by Gasteiger charge is 2.09. The molecule has 0 unspecified atom stereocenters. The van der Waals surface area contributed by atoms with Gasteiger partial charge in [0.25, 0.3) is 0 Å². The summed E-state index contributed by atoms with van der Waals surface area (Å²) in [7, 11) is 0. The molecule has 0 aliphatic heterocycles. The number of fused-ring (bicyclic) bond motifs is 1. The van der Waals surface area contributed by atoms with E-state index in [0.717, 1.165) is 10.6 Å². The first-order chi connectivity index (χ1) is 10.3. The molecule has 0 saturated heterocycles. The average molecular weight is 292 g/mol. The predicted molar refractivity (Wildman–Crippen MR) is 80.3 cm³/mol. The van der Waals surface area contributed by atoms with E-state index in [9.17, 15) is 0 Å². The van der Waals surface area contributed by atoms with Crippen LogP contribution in [0, 0.1) is 22.7 Å². The van der Waals surface area contributed by atoms with Crippen molar-refractivity contribution in [2.24, 2.45) is 0 Å². The molecule has 3 aromatic rings. The van der Waals surface area contributed by atoms with Crippen molar-refractivity contribution >= 4 is 28.1 Å². The Morgan fingerprint density at radius 1 is 1.29 bits per heavy atom. The van der Waals surface area contributed by atoms with Crippen LogP contribution in [0.2, 0.25) is 0 Å². The highest BCUT2D eigenvalue weighted by molar-refractivity contribution is 7.13. The molecule has 5 nitrogen and oxygen atoms in total. The van der Waals surface area contributed by atoms with E-state index < -0.39 is 0 Å². The summed E-state index contributed by atoms with van der Waals surface area (Å²) in [5, 5.41) is 22.2. The zero-order chi connectivity index (χ0) is 14.7. The molecule has 0 radical (unpaired) electrons. The number of oxazole rings is 1. The summed E-state index contributed by atoms with van der Waals surface area (Å²) < 4.78 is 5.69. The largest absolute Gasteiger partial charge is 0.435 e. The Labute approximate surface area is 124 Å². The van der Waals surface area contributed by atoms with E-state index in [4.69, 9.17) is 14.9 Å². The van der Waals surface area contributed by atoms with Gasteiger partial charge in [0.1, 0.15) is 23.2 Å².